The van der Waals surface area contributed by atoms with Crippen LogP contribution < -0.4 is 5.32 Å². The van der Waals surface area contributed by atoms with Gasteiger partial charge in [0.1, 0.15) is 6.33 Å². The molecule has 0 bridgehead atoms. The number of aliphatic hydroxyl groups is 1. The number of amides is 2. The summed E-state index contributed by atoms with van der Waals surface area (Å²) in [5.41, 5.74) is 0.948. The number of hydrogen-bond donors (Lipinski definition) is 2. The maximum absolute atomic E-state index is 12.3. The highest BCUT2D eigenvalue weighted by Gasteiger charge is 2.28. The predicted octanol–water partition coefficient (Wildman–Crippen LogP) is 1.95. The molecule has 1 unspecified atom stereocenters. The fourth-order valence-electron chi connectivity index (χ4n) is 3.29. The summed E-state index contributed by atoms with van der Waals surface area (Å²) >= 11 is 0. The molecular formula is C18H25N5O2. The number of rotatable bonds is 5. The highest BCUT2D eigenvalue weighted by molar-refractivity contribution is 5.74. The lowest BCUT2D eigenvalue weighted by Crippen LogP contribution is -2.45. The zero-order chi connectivity index (χ0) is 17.6. The molecule has 2 N–H and O–H groups in total. The first-order valence-electron chi connectivity index (χ1n) is 8.81. The van der Waals surface area contributed by atoms with E-state index in [9.17, 15) is 9.90 Å². The van der Waals surface area contributed by atoms with Gasteiger partial charge < -0.3 is 19.9 Å². The molecule has 25 heavy (non-hydrogen) atoms. The lowest BCUT2D eigenvalue weighted by molar-refractivity contribution is 0.0664. The topological polar surface area (TPSA) is 83.3 Å². The van der Waals surface area contributed by atoms with Crippen molar-refractivity contribution in [2.75, 3.05) is 13.1 Å². The average molecular weight is 343 g/mol. The minimum absolute atomic E-state index is 0.0849. The van der Waals surface area contributed by atoms with Gasteiger partial charge in [0.2, 0.25) is 0 Å². The zero-order valence-electron chi connectivity index (χ0n) is 14.5. The van der Waals surface area contributed by atoms with Gasteiger partial charge in [-0.1, -0.05) is 30.3 Å². The number of urea groups is 1. The average Bonchev–Trinajstić information content (AvgIpc) is 3.14. The molecule has 7 nitrogen and oxygen atoms in total. The highest BCUT2D eigenvalue weighted by atomic mass is 16.3. The molecule has 7 heteroatoms. The smallest absolute Gasteiger partial charge is 0.317 e. The highest BCUT2D eigenvalue weighted by Crippen LogP contribution is 2.30. The lowest BCUT2D eigenvalue weighted by atomic mass is 9.87. The van der Waals surface area contributed by atoms with Crippen LogP contribution in [0.1, 0.15) is 37.3 Å². The monoisotopic (exact) mass is 343 g/mol. The number of aromatic nitrogens is 3. The summed E-state index contributed by atoms with van der Waals surface area (Å²) in [6, 6.07) is 9.65. The third kappa shape index (κ3) is 4.17. The molecular weight excluding hydrogens is 318 g/mol. The van der Waals surface area contributed by atoms with Gasteiger partial charge in [-0.25, -0.2) is 4.79 Å². The summed E-state index contributed by atoms with van der Waals surface area (Å²) in [6.45, 7) is 4.47. The number of carbonyl (C=O) groups is 1. The Morgan fingerprint density at radius 1 is 1.32 bits per heavy atom. The van der Waals surface area contributed by atoms with E-state index in [1.165, 1.54) is 0 Å². The van der Waals surface area contributed by atoms with Crippen molar-refractivity contribution in [3.8, 4) is 0 Å². The minimum atomic E-state index is -0.463. The van der Waals surface area contributed by atoms with Crippen molar-refractivity contribution in [3.05, 3.63) is 48.0 Å². The van der Waals surface area contributed by atoms with E-state index in [-0.39, 0.29) is 11.9 Å². The summed E-state index contributed by atoms with van der Waals surface area (Å²) in [5, 5.41) is 21.3. The fourth-order valence-corrected chi connectivity index (χ4v) is 3.29. The second-order valence-corrected chi connectivity index (χ2v) is 6.37. The molecule has 3 rings (SSSR count). The number of piperidine rings is 1. The second kappa shape index (κ2) is 8.11. The van der Waals surface area contributed by atoms with E-state index in [4.69, 9.17) is 0 Å². The van der Waals surface area contributed by atoms with E-state index in [1.807, 2.05) is 41.8 Å². The summed E-state index contributed by atoms with van der Waals surface area (Å²) < 4.78 is 1.91. The summed E-state index contributed by atoms with van der Waals surface area (Å²) in [5.74, 6) is 0.944. The molecule has 0 aliphatic carbocycles. The minimum Gasteiger partial charge on any atom is -0.388 e. The SMILES string of the molecule is CCn1cnnc1CNC(=O)N1CCC(C(O)c2ccccc2)CC1. The Balaban J connectivity index is 1.47. The van der Waals surface area contributed by atoms with Crippen molar-refractivity contribution >= 4 is 6.03 Å². The first-order valence-corrected chi connectivity index (χ1v) is 8.81. The number of aryl methyl sites for hydroxylation is 1. The molecule has 2 heterocycles. The van der Waals surface area contributed by atoms with Crippen LogP contribution in [0.4, 0.5) is 4.79 Å². The van der Waals surface area contributed by atoms with Crippen LogP contribution in [0.2, 0.25) is 0 Å². The number of carbonyl (C=O) groups excluding carboxylic acids is 1. The number of aliphatic hydroxyl groups excluding tert-OH is 1. The Hall–Kier alpha value is -2.41. The van der Waals surface area contributed by atoms with E-state index in [0.717, 1.165) is 30.8 Å². The second-order valence-electron chi connectivity index (χ2n) is 6.37. The van der Waals surface area contributed by atoms with E-state index in [2.05, 4.69) is 15.5 Å². The summed E-state index contributed by atoms with van der Waals surface area (Å²) in [4.78, 5) is 14.1. The molecule has 2 aromatic rings. The van der Waals surface area contributed by atoms with E-state index in [1.54, 1.807) is 11.2 Å². The van der Waals surface area contributed by atoms with Gasteiger partial charge in [0.15, 0.2) is 5.82 Å². The maximum Gasteiger partial charge on any atom is 0.317 e. The van der Waals surface area contributed by atoms with Crippen LogP contribution in [-0.2, 0) is 13.1 Å². The van der Waals surface area contributed by atoms with Crippen molar-refractivity contribution in [3.63, 3.8) is 0 Å². The Morgan fingerprint density at radius 3 is 2.72 bits per heavy atom. The molecule has 1 aromatic heterocycles. The molecule has 1 aliphatic rings. The van der Waals surface area contributed by atoms with Crippen LogP contribution >= 0.6 is 0 Å². The number of nitrogens with zero attached hydrogens (tertiary/aromatic N) is 4. The Morgan fingerprint density at radius 2 is 2.04 bits per heavy atom. The summed E-state index contributed by atoms with van der Waals surface area (Å²) in [6.07, 6.45) is 2.80. The number of hydrogen-bond acceptors (Lipinski definition) is 4. The van der Waals surface area contributed by atoms with Crippen LogP contribution in [0.25, 0.3) is 0 Å². The lowest BCUT2D eigenvalue weighted by Gasteiger charge is -2.34. The largest absolute Gasteiger partial charge is 0.388 e. The first-order chi connectivity index (χ1) is 12.2. The molecule has 1 aromatic carbocycles. The van der Waals surface area contributed by atoms with Gasteiger partial charge in [0.25, 0.3) is 0 Å². The Kier molecular flexibility index (Phi) is 5.65. The fraction of sp³-hybridized carbons (Fsp3) is 0.500. The van der Waals surface area contributed by atoms with Crippen LogP contribution in [0.3, 0.4) is 0 Å². The van der Waals surface area contributed by atoms with Crippen LogP contribution in [0.5, 0.6) is 0 Å². The van der Waals surface area contributed by atoms with Crippen molar-refractivity contribution < 1.29 is 9.90 Å². The van der Waals surface area contributed by atoms with Gasteiger partial charge in [-0.2, -0.15) is 0 Å². The Labute approximate surface area is 147 Å². The normalized spacial score (nSPS) is 16.6. The van der Waals surface area contributed by atoms with Crippen molar-refractivity contribution in [1.82, 2.24) is 25.0 Å². The molecule has 1 fully saturated rings. The van der Waals surface area contributed by atoms with Crippen molar-refractivity contribution in [2.45, 2.75) is 39.0 Å². The van der Waals surface area contributed by atoms with Crippen molar-refractivity contribution in [2.24, 2.45) is 5.92 Å². The van der Waals surface area contributed by atoms with Crippen LogP contribution in [-0.4, -0.2) is 43.9 Å². The van der Waals surface area contributed by atoms with E-state index >= 15 is 0 Å². The third-order valence-corrected chi connectivity index (χ3v) is 4.85. The molecule has 1 saturated heterocycles. The molecule has 0 saturated carbocycles. The number of likely N-dealkylation sites (tertiary alicyclic amines) is 1. The first kappa shape index (κ1) is 17.4. The van der Waals surface area contributed by atoms with Gasteiger partial charge in [0, 0.05) is 19.6 Å². The third-order valence-electron chi connectivity index (χ3n) is 4.85. The van der Waals surface area contributed by atoms with Gasteiger partial charge in [-0.05, 0) is 31.2 Å². The summed E-state index contributed by atoms with van der Waals surface area (Å²) in [7, 11) is 0. The Bertz CT molecular complexity index is 680. The van der Waals surface area contributed by atoms with Crippen molar-refractivity contribution in [1.29, 1.82) is 0 Å². The van der Waals surface area contributed by atoms with Gasteiger partial charge in [-0.3, -0.25) is 0 Å². The quantitative estimate of drug-likeness (QED) is 0.869. The molecule has 0 spiro atoms. The molecule has 2 amide bonds. The predicted molar refractivity (Wildman–Crippen MR) is 93.6 cm³/mol. The van der Waals surface area contributed by atoms with Crippen LogP contribution in [0.15, 0.2) is 36.7 Å². The maximum atomic E-state index is 12.3. The standard InChI is InChI=1S/C18H25N5O2/c1-2-22-13-20-21-16(22)12-19-18(25)23-10-8-15(9-11-23)17(24)14-6-4-3-5-7-14/h3-7,13,15,17,24H,2,8-12H2,1H3,(H,19,25). The van der Waals surface area contributed by atoms with Crippen LogP contribution in [0, 0.1) is 5.92 Å². The van der Waals surface area contributed by atoms with E-state index < -0.39 is 6.10 Å². The van der Waals surface area contributed by atoms with Gasteiger partial charge in [-0.15, -0.1) is 10.2 Å². The molecule has 134 valence electrons. The number of nitrogens with one attached hydrogen (secondary N) is 1. The molecule has 0 radical (unpaired) electrons. The van der Waals surface area contributed by atoms with Gasteiger partial charge >= 0.3 is 6.03 Å². The number of benzene rings is 1. The van der Waals surface area contributed by atoms with Gasteiger partial charge in [0.05, 0.1) is 12.6 Å². The van der Waals surface area contributed by atoms with E-state index in [0.29, 0.717) is 19.6 Å². The zero-order valence-corrected chi connectivity index (χ0v) is 14.5. The molecule has 1 aliphatic heterocycles. The molecule has 1 atom stereocenters.